The first-order valence-electron chi connectivity index (χ1n) is 18.3. The summed E-state index contributed by atoms with van der Waals surface area (Å²) in [5.74, 6) is -0.285. The molecule has 0 spiro atoms. The number of benzene rings is 1. The minimum Gasteiger partial charge on any atom is -0.414 e. The van der Waals surface area contributed by atoms with E-state index in [1.807, 2.05) is 6.07 Å². The third kappa shape index (κ3) is 11.1. The molecule has 3 rings (SSSR count). The molecule has 49 heavy (non-hydrogen) atoms. The van der Waals surface area contributed by atoms with Gasteiger partial charge in [0.15, 0.2) is 26.5 Å². The van der Waals surface area contributed by atoms with Gasteiger partial charge in [-0.2, -0.15) is 0 Å². The van der Waals surface area contributed by atoms with Crippen LogP contribution in [0.3, 0.4) is 0 Å². The summed E-state index contributed by atoms with van der Waals surface area (Å²) in [6, 6.07) is 8.64. The van der Waals surface area contributed by atoms with Crippen LogP contribution in [-0.2, 0) is 32.9 Å². The Bertz CT molecular complexity index is 1300. The normalized spacial score (nSPS) is 28.2. The molecule has 11 heteroatoms. The summed E-state index contributed by atoms with van der Waals surface area (Å²) in [4.78, 5) is 0.296. The first-order valence-corrected chi connectivity index (χ1v) is 25.7. The molecule has 0 aliphatic carbocycles. The maximum absolute atomic E-state index is 13.9. The van der Waals surface area contributed by atoms with E-state index in [0.717, 1.165) is 18.4 Å². The number of sulfone groups is 1. The number of hydrogen-bond donors (Lipinski definition) is 1. The van der Waals surface area contributed by atoms with Crippen molar-refractivity contribution >= 4 is 26.5 Å². The lowest BCUT2D eigenvalue weighted by Gasteiger charge is -2.42. The van der Waals surface area contributed by atoms with Gasteiger partial charge in [-0.05, 0) is 79.2 Å². The molecule has 8 nitrogen and oxygen atoms in total. The van der Waals surface area contributed by atoms with Gasteiger partial charge >= 0.3 is 0 Å². The van der Waals surface area contributed by atoms with E-state index in [9.17, 15) is 13.5 Å². The predicted octanol–water partition coefficient (Wildman–Crippen LogP) is 8.17. The van der Waals surface area contributed by atoms with Crippen molar-refractivity contribution in [1.29, 1.82) is 0 Å². The number of rotatable bonds is 16. The molecule has 0 radical (unpaired) electrons. The van der Waals surface area contributed by atoms with Crippen molar-refractivity contribution in [2.24, 2.45) is 11.8 Å². The molecule has 2 heterocycles. The zero-order valence-electron chi connectivity index (χ0n) is 32.6. The van der Waals surface area contributed by atoms with E-state index >= 15 is 0 Å². The van der Waals surface area contributed by atoms with Crippen molar-refractivity contribution in [3.05, 3.63) is 42.5 Å². The Balaban J connectivity index is 1.97. The smallest absolute Gasteiger partial charge is 0.192 e. The molecular weight excluding hydrogens is 673 g/mol. The molecule has 0 saturated carbocycles. The van der Waals surface area contributed by atoms with Gasteiger partial charge in [0.25, 0.3) is 0 Å². The van der Waals surface area contributed by atoms with Crippen LogP contribution in [0.5, 0.6) is 0 Å². The molecule has 2 fully saturated rings. The van der Waals surface area contributed by atoms with Gasteiger partial charge in [0, 0.05) is 32.5 Å². The van der Waals surface area contributed by atoms with Crippen molar-refractivity contribution in [3.8, 4) is 0 Å². The topological polar surface area (TPSA) is 101 Å². The minimum absolute atomic E-state index is 0.00378. The molecule has 1 aromatic carbocycles. The molecule has 2 aliphatic rings. The van der Waals surface area contributed by atoms with Crippen molar-refractivity contribution in [1.82, 2.24) is 0 Å². The second kappa shape index (κ2) is 16.8. The van der Waals surface area contributed by atoms with Crippen LogP contribution in [0.1, 0.15) is 80.6 Å². The maximum Gasteiger partial charge on any atom is 0.192 e. The SMILES string of the molecule is C=C1C(C)CC(CCCO)OC1C[C@@H]1O[C@H](CC(CO[Si](C)(C)C(C)(C)C)O[Si](C)(C)C(C)(C)C)[C@H](OC)C1CS(=O)(=O)c1ccccc1. The van der Waals surface area contributed by atoms with Gasteiger partial charge in [-0.25, -0.2) is 8.42 Å². The molecule has 0 aromatic heterocycles. The first-order chi connectivity index (χ1) is 22.5. The van der Waals surface area contributed by atoms with Crippen LogP contribution in [-0.4, -0.2) is 92.9 Å². The highest BCUT2D eigenvalue weighted by Crippen LogP contribution is 2.43. The summed E-state index contributed by atoms with van der Waals surface area (Å²) in [6.07, 6.45) is 1.49. The van der Waals surface area contributed by atoms with Gasteiger partial charge in [0.1, 0.15) is 0 Å². The van der Waals surface area contributed by atoms with E-state index in [1.165, 1.54) is 0 Å². The van der Waals surface area contributed by atoms with E-state index < -0.39 is 50.7 Å². The molecule has 0 bridgehead atoms. The third-order valence-corrected chi connectivity index (χ3v) is 22.6. The average molecular weight is 741 g/mol. The average Bonchev–Trinajstić information content (AvgIpc) is 3.30. The highest BCUT2D eigenvalue weighted by atomic mass is 32.2. The Labute approximate surface area is 300 Å². The standard InChI is InChI=1S/C38H68O8SSi2/c1-27-22-29(18-17-21-39)44-33(28(27)2)24-34-32(26-47(40,41)31-19-15-14-16-20-31)36(42-9)35(45-34)23-30(46-49(12,13)38(6,7)8)25-43-48(10,11)37(3,4)5/h14-16,19-20,27,29-30,32-36,39H,2,17-18,21-26H2,1,3-13H3/t27?,29?,30?,32?,33?,34-,35+,36+/m0/s1. The summed E-state index contributed by atoms with van der Waals surface area (Å²) in [6.45, 7) is 29.6. The van der Waals surface area contributed by atoms with E-state index in [-0.39, 0.29) is 46.7 Å². The first kappa shape index (κ1) is 42.5. The zero-order chi connectivity index (χ0) is 37.0. The number of aliphatic hydroxyl groups excluding tert-OH is 1. The summed E-state index contributed by atoms with van der Waals surface area (Å²) < 4.78 is 61.3. The summed E-state index contributed by atoms with van der Waals surface area (Å²) >= 11 is 0. The maximum atomic E-state index is 13.9. The Morgan fingerprint density at radius 1 is 0.980 bits per heavy atom. The fourth-order valence-electron chi connectivity index (χ4n) is 6.50. The number of ether oxygens (including phenoxy) is 3. The van der Waals surface area contributed by atoms with E-state index in [1.54, 1.807) is 31.4 Å². The molecule has 5 unspecified atom stereocenters. The Morgan fingerprint density at radius 2 is 1.59 bits per heavy atom. The van der Waals surface area contributed by atoms with E-state index in [2.05, 4.69) is 81.2 Å². The molecule has 282 valence electrons. The Hall–Kier alpha value is -0.896. The number of methoxy groups -OCH3 is 1. The molecule has 2 saturated heterocycles. The monoisotopic (exact) mass is 740 g/mol. The second-order valence-electron chi connectivity index (χ2n) is 17.5. The van der Waals surface area contributed by atoms with Crippen LogP contribution in [0.4, 0.5) is 0 Å². The Kier molecular flexibility index (Phi) is 14.6. The van der Waals surface area contributed by atoms with E-state index in [4.69, 9.17) is 23.1 Å². The molecular formula is C38H68O8SSi2. The lowest BCUT2D eigenvalue weighted by Crippen LogP contribution is -2.49. The number of aliphatic hydroxyl groups is 1. The fraction of sp³-hybridized carbons (Fsp3) is 0.789. The van der Waals surface area contributed by atoms with Gasteiger partial charge in [-0.15, -0.1) is 0 Å². The zero-order valence-corrected chi connectivity index (χ0v) is 35.4. The summed E-state index contributed by atoms with van der Waals surface area (Å²) in [5.41, 5.74) is 1.01. The van der Waals surface area contributed by atoms with Crippen LogP contribution in [0.25, 0.3) is 0 Å². The molecule has 1 aromatic rings. The van der Waals surface area contributed by atoms with Crippen LogP contribution < -0.4 is 0 Å². The lowest BCUT2D eigenvalue weighted by molar-refractivity contribution is -0.0760. The predicted molar refractivity (Wildman–Crippen MR) is 204 cm³/mol. The lowest BCUT2D eigenvalue weighted by atomic mass is 9.83. The van der Waals surface area contributed by atoms with Gasteiger partial charge < -0.3 is 28.2 Å². The molecule has 8 atom stereocenters. The largest absolute Gasteiger partial charge is 0.414 e. The summed E-state index contributed by atoms with van der Waals surface area (Å²) in [7, 11) is -6.28. The van der Waals surface area contributed by atoms with Crippen LogP contribution >= 0.6 is 0 Å². The van der Waals surface area contributed by atoms with E-state index in [0.29, 0.717) is 30.8 Å². The highest BCUT2D eigenvalue weighted by Gasteiger charge is 2.50. The third-order valence-electron chi connectivity index (χ3n) is 11.8. The fourth-order valence-corrected chi connectivity index (χ4v) is 10.6. The van der Waals surface area contributed by atoms with Crippen molar-refractivity contribution in [3.63, 3.8) is 0 Å². The quantitative estimate of drug-likeness (QED) is 0.134. The highest BCUT2D eigenvalue weighted by molar-refractivity contribution is 7.91. The molecule has 2 aliphatic heterocycles. The van der Waals surface area contributed by atoms with Crippen molar-refractivity contribution in [2.45, 2.75) is 158 Å². The van der Waals surface area contributed by atoms with Gasteiger partial charge in [0.2, 0.25) is 0 Å². The second-order valence-corrected chi connectivity index (χ2v) is 29.1. The van der Waals surface area contributed by atoms with Crippen molar-refractivity contribution in [2.75, 3.05) is 26.1 Å². The van der Waals surface area contributed by atoms with Gasteiger partial charge in [0.05, 0.1) is 53.9 Å². The molecule has 0 amide bonds. The van der Waals surface area contributed by atoms with Crippen molar-refractivity contribution < 1.29 is 36.6 Å². The van der Waals surface area contributed by atoms with Gasteiger partial charge in [-0.1, -0.05) is 73.2 Å². The Morgan fingerprint density at radius 3 is 2.14 bits per heavy atom. The van der Waals surface area contributed by atoms with Crippen LogP contribution in [0.15, 0.2) is 47.4 Å². The minimum atomic E-state index is -3.65. The van der Waals surface area contributed by atoms with Gasteiger partial charge in [-0.3, -0.25) is 0 Å². The molecule has 1 N–H and O–H groups in total. The van der Waals surface area contributed by atoms with Crippen LogP contribution in [0.2, 0.25) is 36.3 Å². The summed E-state index contributed by atoms with van der Waals surface area (Å²) in [5, 5.41) is 9.51. The number of hydrogen-bond acceptors (Lipinski definition) is 8. The van der Waals surface area contributed by atoms with Crippen LogP contribution in [0, 0.1) is 11.8 Å².